The van der Waals surface area contributed by atoms with Crippen molar-refractivity contribution in [2.45, 2.75) is 19.1 Å². The summed E-state index contributed by atoms with van der Waals surface area (Å²) in [4.78, 5) is 9.66. The van der Waals surface area contributed by atoms with Crippen LogP contribution in [0.5, 0.6) is 0 Å². The highest BCUT2D eigenvalue weighted by Crippen LogP contribution is 2.24. The molecule has 3 heterocycles. The molecular weight excluding hydrogens is 411 g/mol. The highest BCUT2D eigenvalue weighted by atomic mass is 19.1. The molecule has 0 spiro atoms. The third-order valence-corrected chi connectivity index (χ3v) is 5.95. The van der Waals surface area contributed by atoms with Crippen LogP contribution in [0.3, 0.4) is 0 Å². The van der Waals surface area contributed by atoms with Gasteiger partial charge >= 0.3 is 0 Å². The monoisotopic (exact) mass is 444 g/mol. The van der Waals surface area contributed by atoms with Gasteiger partial charge in [-0.2, -0.15) is 5.10 Å². The van der Waals surface area contributed by atoms with E-state index in [0.29, 0.717) is 26.4 Å². The molecular formula is C23H33FN6O2. The van der Waals surface area contributed by atoms with E-state index in [0.717, 1.165) is 49.8 Å². The lowest BCUT2D eigenvalue weighted by Gasteiger charge is -2.36. The Morgan fingerprint density at radius 1 is 1.22 bits per heavy atom. The van der Waals surface area contributed by atoms with Crippen LogP contribution >= 0.6 is 0 Å². The van der Waals surface area contributed by atoms with Crippen molar-refractivity contribution in [3.8, 4) is 0 Å². The van der Waals surface area contributed by atoms with E-state index >= 15 is 0 Å². The predicted octanol–water partition coefficient (Wildman–Crippen LogP) is 1.97. The maximum absolute atomic E-state index is 13.5. The highest BCUT2D eigenvalue weighted by molar-refractivity contribution is 5.80. The van der Waals surface area contributed by atoms with Gasteiger partial charge < -0.3 is 19.7 Å². The lowest BCUT2D eigenvalue weighted by Crippen LogP contribution is -2.48. The molecule has 4 rings (SSSR count). The van der Waals surface area contributed by atoms with Crippen LogP contribution in [-0.4, -0.2) is 84.6 Å². The summed E-state index contributed by atoms with van der Waals surface area (Å²) >= 11 is 0. The number of aryl methyl sites for hydroxylation is 1. The molecule has 1 aromatic carbocycles. The summed E-state index contributed by atoms with van der Waals surface area (Å²) in [7, 11) is 1.91. The molecule has 32 heavy (non-hydrogen) atoms. The summed E-state index contributed by atoms with van der Waals surface area (Å²) < 4.78 is 26.9. The van der Waals surface area contributed by atoms with Crippen LogP contribution in [-0.2, 0) is 16.5 Å². The van der Waals surface area contributed by atoms with Gasteiger partial charge in [-0.05, 0) is 24.6 Å². The number of hydrogen-bond donors (Lipinski definition) is 1. The predicted molar refractivity (Wildman–Crippen MR) is 121 cm³/mol. The van der Waals surface area contributed by atoms with Crippen LogP contribution in [0.15, 0.2) is 41.7 Å². The normalized spacial score (nSPS) is 21.5. The summed E-state index contributed by atoms with van der Waals surface area (Å²) in [6.45, 7) is 8.68. The molecule has 2 atom stereocenters. The second kappa shape index (κ2) is 10.9. The molecule has 174 valence electrons. The van der Waals surface area contributed by atoms with Crippen LogP contribution in [0.4, 0.5) is 4.39 Å². The molecule has 2 aromatic rings. The van der Waals surface area contributed by atoms with Gasteiger partial charge in [0.2, 0.25) is 0 Å². The number of hydrogen-bond acceptors (Lipinski definition) is 5. The highest BCUT2D eigenvalue weighted by Gasteiger charge is 2.27. The second-order valence-electron chi connectivity index (χ2n) is 8.16. The number of guanidine groups is 1. The van der Waals surface area contributed by atoms with Gasteiger partial charge in [-0.1, -0.05) is 12.1 Å². The summed E-state index contributed by atoms with van der Waals surface area (Å²) in [5, 5.41) is 7.72. The summed E-state index contributed by atoms with van der Waals surface area (Å²) in [5.74, 6) is 0.658. The Bertz CT molecular complexity index is 881. The fourth-order valence-corrected chi connectivity index (χ4v) is 4.25. The summed E-state index contributed by atoms with van der Waals surface area (Å²) in [6, 6.07) is 6.86. The van der Waals surface area contributed by atoms with Crippen LogP contribution in [0.25, 0.3) is 0 Å². The third kappa shape index (κ3) is 5.65. The molecule has 1 aromatic heterocycles. The maximum Gasteiger partial charge on any atom is 0.194 e. The zero-order valence-electron chi connectivity index (χ0n) is 18.9. The van der Waals surface area contributed by atoms with Gasteiger partial charge in [0, 0.05) is 45.0 Å². The average Bonchev–Trinajstić information content (AvgIpc) is 3.27. The zero-order chi connectivity index (χ0) is 22.3. The van der Waals surface area contributed by atoms with Gasteiger partial charge in [-0.15, -0.1) is 0 Å². The first kappa shape index (κ1) is 22.7. The number of aromatic nitrogens is 2. The summed E-state index contributed by atoms with van der Waals surface area (Å²) in [5.41, 5.74) is 2.15. The average molecular weight is 445 g/mol. The number of morpholine rings is 2. The number of nitrogens with zero attached hydrogens (tertiary/aromatic N) is 5. The fourth-order valence-electron chi connectivity index (χ4n) is 4.25. The molecule has 2 aliphatic rings. The van der Waals surface area contributed by atoms with Gasteiger partial charge in [0.05, 0.1) is 45.1 Å². The SMILES string of the molecule is CCNC(=NCC(c1ccc(F)cc1)N1CCOCC1)N1CCOC(c2cnn(C)c2)C1. The molecule has 0 radical (unpaired) electrons. The standard InChI is InChI=1S/C23H33FN6O2/c1-3-25-23(30-10-13-32-22(17-30)19-14-27-28(2)16-19)26-15-21(29-8-11-31-12-9-29)18-4-6-20(24)7-5-18/h4-7,14,16,21-22H,3,8-13,15,17H2,1-2H3,(H,25,26). The smallest absolute Gasteiger partial charge is 0.194 e. The van der Waals surface area contributed by atoms with Gasteiger partial charge in [-0.3, -0.25) is 14.6 Å². The fraction of sp³-hybridized carbons (Fsp3) is 0.565. The van der Waals surface area contributed by atoms with E-state index in [9.17, 15) is 4.39 Å². The molecule has 2 fully saturated rings. The van der Waals surface area contributed by atoms with E-state index in [1.54, 1.807) is 4.68 Å². The van der Waals surface area contributed by atoms with Crippen molar-refractivity contribution in [2.75, 3.05) is 59.1 Å². The number of halogens is 1. The zero-order valence-corrected chi connectivity index (χ0v) is 18.9. The first-order valence-corrected chi connectivity index (χ1v) is 11.3. The Hall–Kier alpha value is -2.49. The number of rotatable bonds is 6. The first-order valence-electron chi connectivity index (χ1n) is 11.3. The molecule has 9 heteroatoms. The van der Waals surface area contributed by atoms with E-state index in [2.05, 4.69) is 27.1 Å². The van der Waals surface area contributed by atoms with Crippen LogP contribution < -0.4 is 5.32 Å². The minimum Gasteiger partial charge on any atom is -0.379 e. The molecule has 1 N–H and O–H groups in total. The molecule has 0 saturated carbocycles. The van der Waals surface area contributed by atoms with Crippen LogP contribution in [0, 0.1) is 5.82 Å². The van der Waals surface area contributed by atoms with Gasteiger partial charge in [0.1, 0.15) is 11.9 Å². The Labute approximate surface area is 189 Å². The molecule has 2 aliphatic heterocycles. The number of nitrogens with one attached hydrogen (secondary N) is 1. The first-order chi connectivity index (χ1) is 15.6. The van der Waals surface area contributed by atoms with E-state index in [4.69, 9.17) is 14.5 Å². The number of aliphatic imine (C=N–C) groups is 1. The van der Waals surface area contributed by atoms with Crippen molar-refractivity contribution >= 4 is 5.96 Å². The molecule has 0 bridgehead atoms. The van der Waals surface area contributed by atoms with Gasteiger partial charge in [0.15, 0.2) is 5.96 Å². The van der Waals surface area contributed by atoms with E-state index in [1.807, 2.05) is 31.6 Å². The van der Waals surface area contributed by atoms with Crippen LogP contribution in [0.2, 0.25) is 0 Å². The largest absolute Gasteiger partial charge is 0.379 e. The lowest BCUT2D eigenvalue weighted by molar-refractivity contribution is -0.00823. The maximum atomic E-state index is 13.5. The van der Waals surface area contributed by atoms with Crippen molar-refractivity contribution in [1.82, 2.24) is 24.9 Å². The van der Waals surface area contributed by atoms with Crippen molar-refractivity contribution < 1.29 is 13.9 Å². The molecule has 2 saturated heterocycles. The molecule has 0 aliphatic carbocycles. The summed E-state index contributed by atoms with van der Waals surface area (Å²) in [6.07, 6.45) is 3.83. The Morgan fingerprint density at radius 3 is 2.69 bits per heavy atom. The van der Waals surface area contributed by atoms with E-state index in [1.165, 1.54) is 12.1 Å². The number of ether oxygens (including phenoxy) is 2. The Balaban J connectivity index is 1.52. The molecule has 8 nitrogen and oxygen atoms in total. The van der Waals surface area contributed by atoms with Crippen molar-refractivity contribution in [1.29, 1.82) is 0 Å². The molecule has 2 unspecified atom stereocenters. The van der Waals surface area contributed by atoms with E-state index < -0.39 is 0 Å². The minimum atomic E-state index is -0.221. The van der Waals surface area contributed by atoms with Crippen molar-refractivity contribution in [2.24, 2.45) is 12.0 Å². The quantitative estimate of drug-likeness (QED) is 0.543. The van der Waals surface area contributed by atoms with Crippen molar-refractivity contribution in [3.63, 3.8) is 0 Å². The topological polar surface area (TPSA) is 67.2 Å². The number of benzene rings is 1. The van der Waals surface area contributed by atoms with Gasteiger partial charge in [-0.25, -0.2) is 4.39 Å². The second-order valence-corrected chi connectivity index (χ2v) is 8.16. The van der Waals surface area contributed by atoms with Crippen LogP contribution in [0.1, 0.15) is 30.2 Å². The third-order valence-electron chi connectivity index (χ3n) is 5.95. The van der Waals surface area contributed by atoms with Crippen molar-refractivity contribution in [3.05, 3.63) is 53.6 Å². The molecule has 0 amide bonds. The van der Waals surface area contributed by atoms with Gasteiger partial charge in [0.25, 0.3) is 0 Å². The Morgan fingerprint density at radius 2 is 2.00 bits per heavy atom. The minimum absolute atomic E-state index is 0.0338. The Kier molecular flexibility index (Phi) is 7.72. The lowest BCUT2D eigenvalue weighted by atomic mass is 10.0. The van der Waals surface area contributed by atoms with E-state index in [-0.39, 0.29) is 18.0 Å².